The lowest BCUT2D eigenvalue weighted by Crippen LogP contribution is -2.41. The summed E-state index contributed by atoms with van der Waals surface area (Å²) in [6.45, 7) is 7.35. The van der Waals surface area contributed by atoms with E-state index >= 15 is 0 Å². The van der Waals surface area contributed by atoms with Crippen molar-refractivity contribution in [2.75, 3.05) is 12.0 Å². The number of thioether (sulfide) groups is 1. The van der Waals surface area contributed by atoms with Crippen LogP contribution in [-0.2, 0) is 11.3 Å². The average molecular weight is 619 g/mol. The number of aliphatic carboxylic acids is 1. The SMILES string of the molecule is CSCCC(NC(=O)c1ccc(CN(C2CC2)C(CCCC=C(C)C)CC2CCCCC2)cc1-c1ccccc1C)C(=O)O. The molecule has 2 atom stereocenters. The summed E-state index contributed by atoms with van der Waals surface area (Å²) in [5, 5.41) is 12.6. The van der Waals surface area contributed by atoms with E-state index < -0.39 is 12.0 Å². The fourth-order valence-corrected chi connectivity index (χ4v) is 7.33. The van der Waals surface area contributed by atoms with Gasteiger partial charge in [0.1, 0.15) is 6.04 Å². The highest BCUT2D eigenvalue weighted by atomic mass is 32.2. The van der Waals surface area contributed by atoms with Gasteiger partial charge in [0, 0.05) is 24.2 Å². The number of hydrogen-bond donors (Lipinski definition) is 2. The maximum Gasteiger partial charge on any atom is 0.326 e. The van der Waals surface area contributed by atoms with Crippen LogP contribution in [0.2, 0.25) is 0 Å². The highest BCUT2D eigenvalue weighted by molar-refractivity contribution is 7.98. The van der Waals surface area contributed by atoms with Crippen LogP contribution in [0.3, 0.4) is 0 Å². The van der Waals surface area contributed by atoms with Gasteiger partial charge in [0.05, 0.1) is 0 Å². The molecule has 2 aliphatic rings. The van der Waals surface area contributed by atoms with Gasteiger partial charge in [-0.15, -0.1) is 0 Å². The van der Waals surface area contributed by atoms with Crippen LogP contribution in [0.5, 0.6) is 0 Å². The Balaban J connectivity index is 1.62. The largest absolute Gasteiger partial charge is 0.480 e. The molecule has 1 amide bonds. The Morgan fingerprint density at radius 1 is 1.02 bits per heavy atom. The van der Waals surface area contributed by atoms with Gasteiger partial charge in [-0.3, -0.25) is 9.69 Å². The summed E-state index contributed by atoms with van der Waals surface area (Å²) in [5.41, 5.74) is 6.17. The molecule has 6 heteroatoms. The van der Waals surface area contributed by atoms with E-state index in [0.717, 1.165) is 35.6 Å². The number of aryl methyl sites for hydroxylation is 1. The molecule has 0 aliphatic heterocycles. The first-order valence-corrected chi connectivity index (χ1v) is 18.3. The van der Waals surface area contributed by atoms with Gasteiger partial charge in [0.2, 0.25) is 0 Å². The molecule has 240 valence electrons. The molecule has 4 rings (SSSR count). The number of carboxylic acids is 1. The summed E-state index contributed by atoms with van der Waals surface area (Å²) in [7, 11) is 0. The highest BCUT2D eigenvalue weighted by Gasteiger charge is 2.35. The first-order chi connectivity index (χ1) is 21.3. The number of rotatable bonds is 17. The van der Waals surface area contributed by atoms with E-state index in [1.807, 2.05) is 24.5 Å². The van der Waals surface area contributed by atoms with E-state index in [2.05, 4.69) is 61.3 Å². The van der Waals surface area contributed by atoms with Gasteiger partial charge in [0.25, 0.3) is 5.91 Å². The molecule has 0 radical (unpaired) electrons. The number of allylic oxidation sites excluding steroid dienone is 2. The molecule has 0 saturated heterocycles. The smallest absolute Gasteiger partial charge is 0.326 e. The Hall–Kier alpha value is -2.57. The van der Waals surface area contributed by atoms with Crippen molar-refractivity contribution in [3.8, 4) is 11.1 Å². The number of carboxylic acid groups (broad SMARTS) is 1. The zero-order valence-corrected chi connectivity index (χ0v) is 28.3. The maximum absolute atomic E-state index is 13.6. The van der Waals surface area contributed by atoms with Gasteiger partial charge in [-0.05, 0) is 118 Å². The normalized spacial score (nSPS) is 16.8. The Bertz CT molecular complexity index is 1260. The van der Waals surface area contributed by atoms with Crippen molar-refractivity contribution >= 4 is 23.6 Å². The molecular formula is C38H54N2O3S. The van der Waals surface area contributed by atoms with Crippen LogP contribution in [0.4, 0.5) is 0 Å². The van der Waals surface area contributed by atoms with E-state index in [1.165, 1.54) is 75.3 Å². The van der Waals surface area contributed by atoms with Gasteiger partial charge in [0.15, 0.2) is 0 Å². The van der Waals surface area contributed by atoms with Crippen LogP contribution in [0.1, 0.15) is 112 Å². The summed E-state index contributed by atoms with van der Waals surface area (Å²) < 4.78 is 0. The average Bonchev–Trinajstić information content (AvgIpc) is 3.85. The van der Waals surface area contributed by atoms with Crippen LogP contribution < -0.4 is 5.32 Å². The van der Waals surface area contributed by atoms with Gasteiger partial charge < -0.3 is 10.4 Å². The van der Waals surface area contributed by atoms with Crippen molar-refractivity contribution in [1.82, 2.24) is 10.2 Å². The second kappa shape index (κ2) is 17.2. The topological polar surface area (TPSA) is 69.6 Å². The number of nitrogens with zero attached hydrogens (tertiary/aromatic N) is 1. The zero-order chi connectivity index (χ0) is 31.5. The molecule has 2 aromatic rings. The quantitative estimate of drug-likeness (QED) is 0.137. The number of benzene rings is 2. The van der Waals surface area contributed by atoms with Crippen molar-refractivity contribution in [2.24, 2.45) is 5.92 Å². The lowest BCUT2D eigenvalue weighted by molar-refractivity contribution is -0.139. The molecule has 0 bridgehead atoms. The van der Waals surface area contributed by atoms with Crippen LogP contribution in [-0.4, -0.2) is 52.0 Å². The molecule has 5 nitrogen and oxygen atoms in total. The third kappa shape index (κ3) is 10.2. The number of hydrogen-bond acceptors (Lipinski definition) is 4. The van der Waals surface area contributed by atoms with E-state index in [9.17, 15) is 14.7 Å². The molecule has 44 heavy (non-hydrogen) atoms. The van der Waals surface area contributed by atoms with Crippen molar-refractivity contribution in [3.05, 3.63) is 70.8 Å². The minimum Gasteiger partial charge on any atom is -0.480 e. The third-order valence-electron chi connectivity index (χ3n) is 9.45. The minimum atomic E-state index is -0.991. The zero-order valence-electron chi connectivity index (χ0n) is 27.4. The Labute approximate surface area is 270 Å². The lowest BCUT2D eigenvalue weighted by atomic mass is 9.83. The molecule has 2 saturated carbocycles. The van der Waals surface area contributed by atoms with Crippen molar-refractivity contribution in [1.29, 1.82) is 0 Å². The number of nitrogens with one attached hydrogen (secondary N) is 1. The summed E-state index contributed by atoms with van der Waals surface area (Å²) in [6.07, 6.45) is 19.1. The molecule has 0 heterocycles. The van der Waals surface area contributed by atoms with Crippen LogP contribution in [0.25, 0.3) is 11.1 Å². The summed E-state index contributed by atoms with van der Waals surface area (Å²) in [6, 6.07) is 14.7. The monoisotopic (exact) mass is 618 g/mol. The number of carbonyl (C=O) groups is 2. The molecule has 2 unspecified atom stereocenters. The maximum atomic E-state index is 13.6. The predicted octanol–water partition coefficient (Wildman–Crippen LogP) is 9.04. The fourth-order valence-electron chi connectivity index (χ4n) is 6.86. The van der Waals surface area contributed by atoms with Crippen molar-refractivity contribution < 1.29 is 14.7 Å². The van der Waals surface area contributed by atoms with E-state index in [-0.39, 0.29) is 5.91 Å². The first-order valence-electron chi connectivity index (χ1n) is 16.9. The van der Waals surface area contributed by atoms with Crippen LogP contribution >= 0.6 is 11.8 Å². The predicted molar refractivity (Wildman–Crippen MR) is 185 cm³/mol. The molecule has 0 aromatic heterocycles. The van der Waals surface area contributed by atoms with Crippen molar-refractivity contribution in [3.63, 3.8) is 0 Å². The summed E-state index contributed by atoms with van der Waals surface area (Å²) >= 11 is 1.59. The molecule has 0 spiro atoms. The van der Waals surface area contributed by atoms with Crippen LogP contribution in [0, 0.1) is 12.8 Å². The van der Waals surface area contributed by atoms with Gasteiger partial charge >= 0.3 is 5.97 Å². The highest BCUT2D eigenvalue weighted by Crippen LogP contribution is 2.37. The van der Waals surface area contributed by atoms with Crippen molar-refractivity contribution in [2.45, 2.75) is 122 Å². The molecule has 2 aliphatic carbocycles. The molecule has 2 fully saturated rings. The number of unbranched alkanes of at least 4 members (excludes halogenated alkanes) is 1. The summed E-state index contributed by atoms with van der Waals surface area (Å²) in [5.74, 6) is 0.195. The molecule has 2 N–H and O–H groups in total. The number of carbonyl (C=O) groups excluding carboxylic acids is 1. The minimum absolute atomic E-state index is 0.322. The lowest BCUT2D eigenvalue weighted by Gasteiger charge is -2.36. The summed E-state index contributed by atoms with van der Waals surface area (Å²) in [4.78, 5) is 28.3. The number of amides is 1. The second-order valence-electron chi connectivity index (χ2n) is 13.4. The Kier molecular flexibility index (Phi) is 13.4. The van der Waals surface area contributed by atoms with Gasteiger partial charge in [-0.25, -0.2) is 4.79 Å². The van der Waals surface area contributed by atoms with E-state index in [1.54, 1.807) is 11.8 Å². The molecule has 2 aromatic carbocycles. The Morgan fingerprint density at radius 2 is 1.77 bits per heavy atom. The van der Waals surface area contributed by atoms with E-state index in [0.29, 0.717) is 29.8 Å². The third-order valence-corrected chi connectivity index (χ3v) is 10.1. The van der Waals surface area contributed by atoms with Crippen LogP contribution in [0.15, 0.2) is 54.1 Å². The molecular weight excluding hydrogens is 564 g/mol. The van der Waals surface area contributed by atoms with Gasteiger partial charge in [-0.1, -0.05) is 74.1 Å². The van der Waals surface area contributed by atoms with E-state index in [4.69, 9.17) is 0 Å². The van der Waals surface area contributed by atoms with Gasteiger partial charge in [-0.2, -0.15) is 11.8 Å². The Morgan fingerprint density at radius 3 is 2.43 bits per heavy atom. The fraction of sp³-hybridized carbons (Fsp3) is 0.579. The standard InChI is InChI=1S/C38H54N2O3S/c1-27(2)12-8-10-16-32(24-29-14-6-5-7-15-29)40(31-19-20-31)26-30-18-21-34(35(25-30)33-17-11-9-13-28(33)3)37(41)39-36(38(42)43)22-23-44-4/h9,11-13,17-18,21,25,29,31-32,36H,5-8,10,14-16,19-20,22-24,26H2,1-4H3,(H,39,41)(H,42,43). The second-order valence-corrected chi connectivity index (χ2v) is 14.3. The first kappa shape index (κ1) is 34.3.